The highest BCUT2D eigenvalue weighted by atomic mass is 35.5. The molecule has 2 rings (SSSR count). The normalized spacial score (nSPS) is 10.7. The summed E-state index contributed by atoms with van der Waals surface area (Å²) < 4.78 is 1.62. The quantitative estimate of drug-likeness (QED) is 0.858. The zero-order valence-electron chi connectivity index (χ0n) is 7.72. The van der Waals surface area contributed by atoms with Gasteiger partial charge in [-0.15, -0.1) is 0 Å². The largest absolute Gasteiger partial charge is 0.481 e. The first kappa shape index (κ1) is 9.92. The van der Waals surface area contributed by atoms with Gasteiger partial charge in [-0.25, -0.2) is 9.97 Å². The van der Waals surface area contributed by atoms with Gasteiger partial charge in [0, 0.05) is 18.8 Å². The average molecular weight is 226 g/mol. The van der Waals surface area contributed by atoms with Crippen molar-refractivity contribution in [3.63, 3.8) is 0 Å². The van der Waals surface area contributed by atoms with Crippen LogP contribution in [-0.4, -0.2) is 25.4 Å². The number of nitrogens with zero attached hydrogens (tertiary/aromatic N) is 3. The van der Waals surface area contributed by atoms with Gasteiger partial charge in [0.15, 0.2) is 0 Å². The molecular weight excluding hydrogens is 218 g/mol. The second-order valence-electron chi connectivity index (χ2n) is 3.11. The highest BCUT2D eigenvalue weighted by molar-refractivity contribution is 6.29. The highest BCUT2D eigenvalue weighted by Gasteiger charge is 2.04. The number of rotatable bonds is 3. The first-order valence-corrected chi connectivity index (χ1v) is 4.74. The molecule has 0 spiro atoms. The molecule has 0 atom stereocenters. The maximum Gasteiger partial charge on any atom is 0.303 e. The summed E-state index contributed by atoms with van der Waals surface area (Å²) in [5.74, 6) is -0.314. The molecule has 0 aliphatic heterocycles. The lowest BCUT2D eigenvalue weighted by atomic mass is 10.2. The van der Waals surface area contributed by atoms with Gasteiger partial charge in [-0.1, -0.05) is 11.6 Å². The fraction of sp³-hybridized carbons (Fsp3) is 0.222. The molecule has 78 valence electrons. The fourth-order valence-electron chi connectivity index (χ4n) is 1.27. The molecule has 0 amide bonds. The molecule has 6 heteroatoms. The molecule has 2 heterocycles. The summed E-state index contributed by atoms with van der Waals surface area (Å²) in [6.45, 7) is 0. The summed E-state index contributed by atoms with van der Waals surface area (Å²) in [7, 11) is 0. The van der Waals surface area contributed by atoms with Gasteiger partial charge in [-0.3, -0.25) is 9.20 Å². The molecule has 0 aliphatic rings. The van der Waals surface area contributed by atoms with Crippen molar-refractivity contribution in [3.05, 3.63) is 29.3 Å². The molecule has 15 heavy (non-hydrogen) atoms. The van der Waals surface area contributed by atoms with Crippen molar-refractivity contribution >= 4 is 23.3 Å². The van der Waals surface area contributed by atoms with Crippen molar-refractivity contribution in [2.45, 2.75) is 12.8 Å². The van der Waals surface area contributed by atoms with Gasteiger partial charge in [0.1, 0.15) is 5.15 Å². The average Bonchev–Trinajstić information content (AvgIpc) is 2.57. The Kier molecular flexibility index (Phi) is 2.55. The van der Waals surface area contributed by atoms with E-state index in [0.29, 0.717) is 17.4 Å². The molecule has 0 aliphatic carbocycles. The van der Waals surface area contributed by atoms with Crippen LogP contribution < -0.4 is 0 Å². The minimum atomic E-state index is -0.827. The van der Waals surface area contributed by atoms with Crippen LogP contribution >= 0.6 is 11.6 Å². The van der Waals surface area contributed by atoms with Crippen LogP contribution in [0.3, 0.4) is 0 Å². The van der Waals surface area contributed by atoms with Gasteiger partial charge in [-0.2, -0.15) is 0 Å². The molecule has 1 N–H and O–H groups in total. The van der Waals surface area contributed by atoms with Crippen LogP contribution in [-0.2, 0) is 11.2 Å². The molecule has 0 bridgehead atoms. The van der Waals surface area contributed by atoms with Crippen LogP contribution in [0.4, 0.5) is 0 Å². The topological polar surface area (TPSA) is 67.5 Å². The lowest BCUT2D eigenvalue weighted by Crippen LogP contribution is -1.99. The van der Waals surface area contributed by atoms with Crippen LogP contribution in [0.2, 0.25) is 5.15 Å². The molecule has 5 nitrogen and oxygen atoms in total. The minimum absolute atomic E-state index is 0.0828. The van der Waals surface area contributed by atoms with E-state index in [1.165, 1.54) is 6.20 Å². The van der Waals surface area contributed by atoms with E-state index in [1.807, 2.05) is 0 Å². The maximum atomic E-state index is 10.4. The van der Waals surface area contributed by atoms with Crippen LogP contribution in [0.5, 0.6) is 0 Å². The van der Waals surface area contributed by atoms with E-state index in [1.54, 1.807) is 16.8 Å². The number of aliphatic carboxylic acids is 1. The van der Waals surface area contributed by atoms with Crippen molar-refractivity contribution in [1.29, 1.82) is 0 Å². The van der Waals surface area contributed by atoms with Gasteiger partial charge < -0.3 is 5.11 Å². The standard InChI is InChI=1S/C9H8ClN3O2/c10-7-4-12-9-11-3-6(5-13(7)9)1-2-8(14)15/h3-5H,1-2H2,(H,14,15). The Morgan fingerprint density at radius 2 is 2.20 bits per heavy atom. The summed E-state index contributed by atoms with van der Waals surface area (Å²) >= 11 is 5.85. The van der Waals surface area contributed by atoms with E-state index in [-0.39, 0.29) is 6.42 Å². The summed E-state index contributed by atoms with van der Waals surface area (Å²) in [6, 6.07) is 0. The zero-order chi connectivity index (χ0) is 10.8. The van der Waals surface area contributed by atoms with Crippen molar-refractivity contribution in [2.24, 2.45) is 0 Å². The molecule has 0 fully saturated rings. The third-order valence-electron chi connectivity index (χ3n) is 2.00. The predicted octanol–water partition coefficient (Wildman–Crippen LogP) is 1.40. The van der Waals surface area contributed by atoms with Crippen LogP contribution in [0, 0.1) is 0 Å². The van der Waals surface area contributed by atoms with E-state index in [0.717, 1.165) is 5.56 Å². The van der Waals surface area contributed by atoms with E-state index in [9.17, 15) is 4.79 Å². The number of aromatic nitrogens is 3. The third kappa shape index (κ3) is 2.07. The number of hydrogen-bond donors (Lipinski definition) is 1. The second kappa shape index (κ2) is 3.86. The smallest absolute Gasteiger partial charge is 0.303 e. The molecule has 0 unspecified atom stereocenters. The summed E-state index contributed by atoms with van der Waals surface area (Å²) in [4.78, 5) is 18.4. The first-order valence-electron chi connectivity index (χ1n) is 4.36. The molecule has 2 aromatic rings. The minimum Gasteiger partial charge on any atom is -0.481 e. The van der Waals surface area contributed by atoms with E-state index in [4.69, 9.17) is 16.7 Å². The Morgan fingerprint density at radius 1 is 1.47 bits per heavy atom. The van der Waals surface area contributed by atoms with Gasteiger partial charge in [0.25, 0.3) is 0 Å². The van der Waals surface area contributed by atoms with Crippen molar-refractivity contribution in [2.75, 3.05) is 0 Å². The van der Waals surface area contributed by atoms with Gasteiger partial charge in [0.05, 0.1) is 6.20 Å². The molecule has 0 saturated carbocycles. The van der Waals surface area contributed by atoms with Crippen LogP contribution in [0.1, 0.15) is 12.0 Å². The lowest BCUT2D eigenvalue weighted by molar-refractivity contribution is -0.136. The molecule has 0 saturated heterocycles. The van der Waals surface area contributed by atoms with Gasteiger partial charge >= 0.3 is 5.97 Å². The van der Waals surface area contributed by atoms with Crippen molar-refractivity contribution in [3.8, 4) is 0 Å². The fourth-order valence-corrected chi connectivity index (χ4v) is 1.44. The van der Waals surface area contributed by atoms with E-state index in [2.05, 4.69) is 9.97 Å². The van der Waals surface area contributed by atoms with Crippen LogP contribution in [0.15, 0.2) is 18.6 Å². The number of carboxylic acids is 1. The Balaban J connectivity index is 2.29. The number of fused-ring (bicyclic) bond motifs is 1. The predicted molar refractivity (Wildman–Crippen MR) is 54.0 cm³/mol. The second-order valence-corrected chi connectivity index (χ2v) is 3.49. The van der Waals surface area contributed by atoms with Crippen molar-refractivity contribution in [1.82, 2.24) is 14.4 Å². The Labute approximate surface area is 90.3 Å². The Hall–Kier alpha value is -1.62. The SMILES string of the molecule is O=C(O)CCc1cnc2ncc(Cl)n2c1. The molecule has 0 aromatic carbocycles. The first-order chi connectivity index (χ1) is 7.16. The number of carboxylic acid groups (broad SMARTS) is 1. The number of hydrogen-bond acceptors (Lipinski definition) is 3. The van der Waals surface area contributed by atoms with Gasteiger partial charge in [-0.05, 0) is 12.0 Å². The summed E-state index contributed by atoms with van der Waals surface area (Å²) in [5.41, 5.74) is 0.824. The maximum absolute atomic E-state index is 10.4. The van der Waals surface area contributed by atoms with E-state index >= 15 is 0 Å². The summed E-state index contributed by atoms with van der Waals surface area (Å²) in [5, 5.41) is 9.00. The zero-order valence-corrected chi connectivity index (χ0v) is 8.48. The van der Waals surface area contributed by atoms with Crippen molar-refractivity contribution < 1.29 is 9.90 Å². The highest BCUT2D eigenvalue weighted by Crippen LogP contribution is 2.11. The Morgan fingerprint density at radius 3 is 2.93 bits per heavy atom. The molecule has 2 aromatic heterocycles. The molecular formula is C9H8ClN3O2. The third-order valence-corrected chi connectivity index (χ3v) is 2.28. The number of halogens is 1. The lowest BCUT2D eigenvalue weighted by Gasteiger charge is -1.99. The summed E-state index contributed by atoms with van der Waals surface area (Å²) in [6.07, 6.45) is 5.39. The number of imidazole rings is 1. The Bertz CT molecular complexity index is 509. The number of aryl methyl sites for hydroxylation is 1. The number of carbonyl (C=O) groups is 1. The van der Waals surface area contributed by atoms with Gasteiger partial charge in [0.2, 0.25) is 5.78 Å². The molecule has 0 radical (unpaired) electrons. The monoisotopic (exact) mass is 225 g/mol. The van der Waals surface area contributed by atoms with Crippen LogP contribution in [0.25, 0.3) is 5.78 Å². The van der Waals surface area contributed by atoms with E-state index < -0.39 is 5.97 Å².